The van der Waals surface area contributed by atoms with Crippen LogP contribution in [0.1, 0.15) is 32.6 Å². The molecule has 1 heterocycles. The number of aliphatic hydroxyl groups is 1. The molecule has 1 amide bonds. The average Bonchev–Trinajstić information content (AvgIpc) is 2.37. The maximum Gasteiger partial charge on any atom is 0.239 e. The van der Waals surface area contributed by atoms with Crippen LogP contribution in [-0.2, 0) is 9.53 Å². The van der Waals surface area contributed by atoms with Crippen LogP contribution in [0.3, 0.4) is 0 Å². The molecule has 0 aromatic carbocycles. The third-order valence-electron chi connectivity index (χ3n) is 3.90. The Balaban J connectivity index is 1.77. The van der Waals surface area contributed by atoms with Crippen molar-refractivity contribution >= 4 is 5.91 Å². The fourth-order valence-corrected chi connectivity index (χ4v) is 2.90. The molecule has 2 fully saturated rings. The largest absolute Gasteiger partial charge is 0.388 e. The molecule has 3 unspecified atom stereocenters. The lowest BCUT2D eigenvalue weighted by molar-refractivity contribution is -0.127. The summed E-state index contributed by atoms with van der Waals surface area (Å²) in [5, 5.41) is 16.4. The van der Waals surface area contributed by atoms with Gasteiger partial charge in [-0.3, -0.25) is 4.79 Å². The summed E-state index contributed by atoms with van der Waals surface area (Å²) in [4.78, 5) is 11.9. The van der Waals surface area contributed by atoms with Gasteiger partial charge in [-0.15, -0.1) is 0 Å². The highest BCUT2D eigenvalue weighted by Gasteiger charge is 2.33. The topological polar surface area (TPSA) is 70.6 Å². The summed E-state index contributed by atoms with van der Waals surface area (Å²) in [5.41, 5.74) is -0.719. The van der Waals surface area contributed by atoms with Crippen LogP contribution in [0.2, 0.25) is 0 Å². The number of morpholine rings is 1. The minimum Gasteiger partial charge on any atom is -0.388 e. The van der Waals surface area contributed by atoms with E-state index < -0.39 is 5.60 Å². The molecule has 0 aromatic heterocycles. The van der Waals surface area contributed by atoms with Crippen molar-refractivity contribution in [2.75, 3.05) is 26.3 Å². The summed E-state index contributed by atoms with van der Waals surface area (Å²) in [6, 6.07) is -0.275. The second kappa shape index (κ2) is 5.99. The number of hydrogen-bond acceptors (Lipinski definition) is 4. The van der Waals surface area contributed by atoms with Crippen molar-refractivity contribution in [3.8, 4) is 0 Å². The Morgan fingerprint density at radius 1 is 1.61 bits per heavy atom. The molecule has 1 aliphatic carbocycles. The average molecular weight is 256 g/mol. The standard InChI is InChI=1S/C13H24N2O3/c1-10-3-2-4-13(17,7-10)9-15-12(16)11-8-18-6-5-14-11/h10-11,14,17H,2-9H2,1H3,(H,15,16). The quantitative estimate of drug-likeness (QED) is 0.666. The molecule has 5 heteroatoms. The van der Waals surface area contributed by atoms with Crippen LogP contribution in [-0.4, -0.2) is 49.0 Å². The fourth-order valence-electron chi connectivity index (χ4n) is 2.90. The number of carbonyl (C=O) groups is 1. The van der Waals surface area contributed by atoms with Crippen molar-refractivity contribution < 1.29 is 14.6 Å². The summed E-state index contributed by atoms with van der Waals surface area (Å²) in [5.74, 6) is 0.471. The first kappa shape index (κ1) is 13.8. The minimum absolute atomic E-state index is 0.0682. The summed E-state index contributed by atoms with van der Waals surface area (Å²) in [6.45, 7) is 4.29. The number of hydrogen-bond donors (Lipinski definition) is 3. The predicted octanol–water partition coefficient (Wildman–Crippen LogP) is 0.0322. The third-order valence-corrected chi connectivity index (χ3v) is 3.90. The highest BCUT2D eigenvalue weighted by atomic mass is 16.5. The van der Waals surface area contributed by atoms with E-state index in [-0.39, 0.29) is 11.9 Å². The van der Waals surface area contributed by atoms with Crippen molar-refractivity contribution in [3.05, 3.63) is 0 Å². The molecule has 3 atom stereocenters. The predicted molar refractivity (Wildman–Crippen MR) is 68.2 cm³/mol. The second-order valence-corrected chi connectivity index (χ2v) is 5.73. The number of amides is 1. The second-order valence-electron chi connectivity index (χ2n) is 5.73. The molecule has 0 aromatic rings. The lowest BCUT2D eigenvalue weighted by Gasteiger charge is -2.36. The van der Waals surface area contributed by atoms with E-state index in [4.69, 9.17) is 4.74 Å². The van der Waals surface area contributed by atoms with E-state index in [9.17, 15) is 9.90 Å². The zero-order valence-electron chi connectivity index (χ0n) is 11.1. The van der Waals surface area contributed by atoms with Crippen LogP contribution in [0.4, 0.5) is 0 Å². The fraction of sp³-hybridized carbons (Fsp3) is 0.923. The summed E-state index contributed by atoms with van der Waals surface area (Å²) in [6.07, 6.45) is 3.78. The molecular weight excluding hydrogens is 232 g/mol. The first-order valence-corrected chi connectivity index (χ1v) is 6.90. The zero-order chi connectivity index (χ0) is 13.0. The Morgan fingerprint density at radius 3 is 3.11 bits per heavy atom. The maximum absolute atomic E-state index is 11.9. The zero-order valence-corrected chi connectivity index (χ0v) is 11.1. The van der Waals surface area contributed by atoms with Crippen molar-refractivity contribution in [3.63, 3.8) is 0 Å². The van der Waals surface area contributed by atoms with Gasteiger partial charge in [0, 0.05) is 13.1 Å². The van der Waals surface area contributed by atoms with Crippen LogP contribution in [0.15, 0.2) is 0 Å². The van der Waals surface area contributed by atoms with Gasteiger partial charge in [0.1, 0.15) is 6.04 Å². The highest BCUT2D eigenvalue weighted by Crippen LogP contribution is 2.31. The Kier molecular flexibility index (Phi) is 4.59. The van der Waals surface area contributed by atoms with Gasteiger partial charge in [0.2, 0.25) is 5.91 Å². The molecule has 1 saturated heterocycles. The van der Waals surface area contributed by atoms with E-state index in [1.54, 1.807) is 0 Å². The van der Waals surface area contributed by atoms with Crippen molar-refractivity contribution in [2.45, 2.75) is 44.2 Å². The number of ether oxygens (including phenoxy) is 1. The molecule has 2 aliphatic rings. The Bertz CT molecular complexity index is 292. The van der Waals surface area contributed by atoms with Crippen molar-refractivity contribution in [2.24, 2.45) is 5.92 Å². The van der Waals surface area contributed by atoms with E-state index in [2.05, 4.69) is 17.6 Å². The van der Waals surface area contributed by atoms with E-state index in [0.717, 1.165) is 19.3 Å². The molecule has 5 nitrogen and oxygen atoms in total. The number of carbonyl (C=O) groups excluding carboxylic acids is 1. The van der Waals surface area contributed by atoms with E-state index in [1.165, 1.54) is 6.42 Å². The van der Waals surface area contributed by atoms with Gasteiger partial charge in [0.05, 0.1) is 18.8 Å². The van der Waals surface area contributed by atoms with Gasteiger partial charge in [-0.05, 0) is 18.8 Å². The molecule has 0 bridgehead atoms. The molecule has 18 heavy (non-hydrogen) atoms. The van der Waals surface area contributed by atoms with Gasteiger partial charge < -0.3 is 20.5 Å². The van der Waals surface area contributed by atoms with Crippen molar-refractivity contribution in [1.82, 2.24) is 10.6 Å². The first-order valence-electron chi connectivity index (χ1n) is 6.90. The summed E-state index contributed by atoms with van der Waals surface area (Å²) < 4.78 is 5.25. The van der Waals surface area contributed by atoms with Crippen molar-refractivity contribution in [1.29, 1.82) is 0 Å². The van der Waals surface area contributed by atoms with Crippen LogP contribution >= 0.6 is 0 Å². The van der Waals surface area contributed by atoms with Gasteiger partial charge in [0.25, 0.3) is 0 Å². The maximum atomic E-state index is 11.9. The lowest BCUT2D eigenvalue weighted by atomic mass is 9.79. The Labute approximate surface area is 108 Å². The Hall–Kier alpha value is -0.650. The minimum atomic E-state index is -0.719. The third kappa shape index (κ3) is 3.67. The highest BCUT2D eigenvalue weighted by molar-refractivity contribution is 5.82. The van der Waals surface area contributed by atoms with E-state index >= 15 is 0 Å². The smallest absolute Gasteiger partial charge is 0.239 e. The molecular formula is C13H24N2O3. The van der Waals surface area contributed by atoms with Gasteiger partial charge in [-0.2, -0.15) is 0 Å². The van der Waals surface area contributed by atoms with Crippen LogP contribution < -0.4 is 10.6 Å². The summed E-state index contributed by atoms with van der Waals surface area (Å²) in [7, 11) is 0. The van der Waals surface area contributed by atoms with Crippen LogP contribution in [0.25, 0.3) is 0 Å². The van der Waals surface area contributed by atoms with Gasteiger partial charge in [0.15, 0.2) is 0 Å². The van der Waals surface area contributed by atoms with Gasteiger partial charge in [-0.25, -0.2) is 0 Å². The molecule has 1 saturated carbocycles. The van der Waals surface area contributed by atoms with Crippen LogP contribution in [0.5, 0.6) is 0 Å². The van der Waals surface area contributed by atoms with E-state index in [0.29, 0.717) is 32.2 Å². The number of nitrogens with one attached hydrogen (secondary N) is 2. The molecule has 0 radical (unpaired) electrons. The lowest BCUT2D eigenvalue weighted by Crippen LogP contribution is -2.54. The molecule has 0 spiro atoms. The van der Waals surface area contributed by atoms with E-state index in [1.807, 2.05) is 0 Å². The summed E-state index contributed by atoms with van der Waals surface area (Å²) >= 11 is 0. The molecule has 2 rings (SSSR count). The van der Waals surface area contributed by atoms with Crippen LogP contribution in [0, 0.1) is 5.92 Å². The Morgan fingerprint density at radius 2 is 2.44 bits per heavy atom. The molecule has 104 valence electrons. The molecule has 1 aliphatic heterocycles. The number of rotatable bonds is 3. The SMILES string of the molecule is CC1CCCC(O)(CNC(=O)C2COCCN2)C1. The molecule has 3 N–H and O–H groups in total. The monoisotopic (exact) mass is 256 g/mol. The first-order chi connectivity index (χ1) is 8.59. The van der Waals surface area contributed by atoms with Gasteiger partial charge in [-0.1, -0.05) is 19.8 Å². The normalized spacial score (nSPS) is 37.2. The van der Waals surface area contributed by atoms with Gasteiger partial charge >= 0.3 is 0 Å².